The third-order valence-corrected chi connectivity index (χ3v) is 2.97. The average molecular weight is 342 g/mol. The summed E-state index contributed by atoms with van der Waals surface area (Å²) in [5.74, 6) is -3.55. The largest absolute Gasteiger partial charge is 0.333 e. The number of hydrogen-bond donors (Lipinski definition) is 0. The van der Waals surface area contributed by atoms with Gasteiger partial charge in [0.25, 0.3) is 24.1 Å². The number of carbonyl (C=O) groups is 6. The molecule has 1 heterocycles. The van der Waals surface area contributed by atoms with E-state index in [0.717, 1.165) is 0 Å². The lowest BCUT2D eigenvalue weighted by atomic mass is 10.2. The fourth-order valence-electron chi connectivity index (χ4n) is 1.79. The van der Waals surface area contributed by atoms with Crippen LogP contribution < -0.4 is 0 Å². The number of imide groups is 2. The molecule has 24 heavy (non-hydrogen) atoms. The summed E-state index contributed by atoms with van der Waals surface area (Å²) in [7, 11) is 0. The van der Waals surface area contributed by atoms with Crippen molar-refractivity contribution in [2.24, 2.45) is 0 Å². The Balaban J connectivity index is 2.30. The van der Waals surface area contributed by atoms with Crippen LogP contribution in [-0.2, 0) is 38.4 Å². The Labute approximate surface area is 137 Å². The van der Waals surface area contributed by atoms with Gasteiger partial charge in [0, 0.05) is 32.1 Å². The molecule has 1 fully saturated rings. The van der Waals surface area contributed by atoms with E-state index in [2.05, 4.69) is 9.68 Å². The smallest absolute Gasteiger partial charge is 0.331 e. The minimum atomic E-state index is -0.868. The van der Waals surface area contributed by atoms with Gasteiger partial charge >= 0.3 is 11.9 Å². The fraction of sp³-hybridized carbons (Fsp3) is 0.571. The van der Waals surface area contributed by atoms with E-state index < -0.39 is 29.7 Å². The van der Waals surface area contributed by atoms with Crippen LogP contribution in [0.25, 0.3) is 0 Å². The Morgan fingerprint density at radius 2 is 1.67 bits per heavy atom. The van der Waals surface area contributed by atoms with E-state index in [1.54, 1.807) is 6.92 Å². The molecule has 0 unspecified atom stereocenters. The molecule has 10 nitrogen and oxygen atoms in total. The summed E-state index contributed by atoms with van der Waals surface area (Å²) in [6.07, 6.45) is 0.127. The van der Waals surface area contributed by atoms with Gasteiger partial charge in [0.1, 0.15) is 0 Å². The molecule has 0 N–H and O–H groups in total. The number of hydrogen-bond acceptors (Lipinski definition) is 8. The lowest BCUT2D eigenvalue weighted by molar-refractivity contribution is -0.198. The van der Waals surface area contributed by atoms with Crippen molar-refractivity contribution in [2.45, 2.75) is 51.9 Å². The molecule has 1 rings (SSSR count). The van der Waals surface area contributed by atoms with E-state index in [9.17, 15) is 28.8 Å². The summed E-state index contributed by atoms with van der Waals surface area (Å²) < 4.78 is 0. The molecule has 4 amide bonds. The number of amides is 4. The van der Waals surface area contributed by atoms with Crippen LogP contribution in [0.15, 0.2) is 0 Å². The molecule has 132 valence electrons. The van der Waals surface area contributed by atoms with Crippen LogP contribution in [0.3, 0.4) is 0 Å². The van der Waals surface area contributed by atoms with Gasteiger partial charge in [-0.05, 0) is 12.8 Å². The second-order valence-electron chi connectivity index (χ2n) is 4.94. The normalized spacial score (nSPS) is 13.6. The molecule has 10 heteroatoms. The molecule has 0 spiro atoms. The van der Waals surface area contributed by atoms with Crippen LogP contribution in [0, 0.1) is 0 Å². The first kappa shape index (κ1) is 19.3. The number of carbonyl (C=O) groups excluding carboxylic acids is 6. The zero-order valence-corrected chi connectivity index (χ0v) is 13.2. The van der Waals surface area contributed by atoms with E-state index in [1.165, 1.54) is 0 Å². The average Bonchev–Trinajstić information content (AvgIpc) is 2.84. The lowest BCUT2D eigenvalue weighted by Gasteiger charge is -2.14. The molecular weight excluding hydrogens is 324 g/mol. The monoisotopic (exact) mass is 342 g/mol. The summed E-state index contributed by atoms with van der Waals surface area (Å²) in [5, 5.41) is 0.726. The maximum absolute atomic E-state index is 11.5. The van der Waals surface area contributed by atoms with Gasteiger partial charge in [0.15, 0.2) is 0 Å². The highest BCUT2D eigenvalue weighted by Crippen LogP contribution is 2.13. The fourth-order valence-corrected chi connectivity index (χ4v) is 1.79. The molecular formula is C14H18N2O8. The van der Waals surface area contributed by atoms with Crippen LogP contribution >= 0.6 is 0 Å². The standard InChI is InChI=1S/C14H18N2O8/c1-2-4-10(18)15(9-17)23-13(21)5-3-6-14(22)24-16-11(19)7-8-12(16)20/h9H,2-8H2,1H3. The predicted octanol–water partition coefficient (Wildman–Crippen LogP) is 0.00720. The molecule has 0 radical (unpaired) electrons. The van der Waals surface area contributed by atoms with Crippen molar-refractivity contribution in [3.8, 4) is 0 Å². The Hall–Kier alpha value is -2.78. The van der Waals surface area contributed by atoms with E-state index in [1.807, 2.05) is 0 Å². The third kappa shape index (κ3) is 5.78. The summed E-state index contributed by atoms with van der Waals surface area (Å²) in [5.41, 5.74) is 0. The summed E-state index contributed by atoms with van der Waals surface area (Å²) in [6.45, 7) is 1.73. The van der Waals surface area contributed by atoms with Crippen LogP contribution in [0.1, 0.15) is 51.9 Å². The molecule has 0 aliphatic carbocycles. The SMILES string of the molecule is CCCC(=O)N(C=O)OC(=O)CCCC(=O)ON1C(=O)CCC1=O. The summed E-state index contributed by atoms with van der Waals surface area (Å²) in [4.78, 5) is 76.8. The van der Waals surface area contributed by atoms with Crippen molar-refractivity contribution in [1.29, 1.82) is 0 Å². The van der Waals surface area contributed by atoms with E-state index >= 15 is 0 Å². The van der Waals surface area contributed by atoms with Crippen molar-refractivity contribution in [3.05, 3.63) is 0 Å². The summed E-state index contributed by atoms with van der Waals surface area (Å²) >= 11 is 0. The van der Waals surface area contributed by atoms with Gasteiger partial charge in [0.05, 0.1) is 0 Å². The molecule has 1 saturated heterocycles. The number of hydroxylamine groups is 4. The molecule has 0 bridgehead atoms. The second-order valence-corrected chi connectivity index (χ2v) is 4.94. The Morgan fingerprint density at radius 3 is 2.21 bits per heavy atom. The highest BCUT2D eigenvalue weighted by molar-refractivity contribution is 6.01. The second kappa shape index (κ2) is 9.38. The van der Waals surface area contributed by atoms with Crippen molar-refractivity contribution >= 4 is 36.1 Å². The van der Waals surface area contributed by atoms with Gasteiger partial charge in [-0.25, -0.2) is 9.59 Å². The van der Waals surface area contributed by atoms with E-state index in [4.69, 9.17) is 0 Å². The first-order valence-electron chi connectivity index (χ1n) is 7.43. The van der Waals surface area contributed by atoms with Crippen LogP contribution in [0.2, 0.25) is 0 Å². The van der Waals surface area contributed by atoms with Crippen molar-refractivity contribution in [3.63, 3.8) is 0 Å². The molecule has 0 aromatic heterocycles. The molecule has 0 aromatic carbocycles. The summed E-state index contributed by atoms with van der Waals surface area (Å²) in [6, 6.07) is 0. The minimum absolute atomic E-state index is 0.00253. The Morgan fingerprint density at radius 1 is 1.08 bits per heavy atom. The van der Waals surface area contributed by atoms with E-state index in [-0.39, 0.29) is 44.9 Å². The zero-order valence-electron chi connectivity index (χ0n) is 13.2. The van der Waals surface area contributed by atoms with Gasteiger partial charge in [0.2, 0.25) is 0 Å². The van der Waals surface area contributed by atoms with Crippen LogP contribution in [0.4, 0.5) is 0 Å². The van der Waals surface area contributed by atoms with Crippen LogP contribution in [0.5, 0.6) is 0 Å². The third-order valence-electron chi connectivity index (χ3n) is 2.97. The van der Waals surface area contributed by atoms with Gasteiger partial charge in [-0.15, -0.1) is 10.1 Å². The molecule has 0 saturated carbocycles. The van der Waals surface area contributed by atoms with Crippen molar-refractivity contribution in [2.75, 3.05) is 0 Å². The maximum Gasteiger partial charge on any atom is 0.333 e. The van der Waals surface area contributed by atoms with Crippen LogP contribution in [-0.4, -0.2) is 46.2 Å². The zero-order chi connectivity index (χ0) is 18.1. The predicted molar refractivity (Wildman–Crippen MR) is 74.9 cm³/mol. The van der Waals surface area contributed by atoms with Gasteiger partial charge in [-0.2, -0.15) is 0 Å². The topological polar surface area (TPSA) is 127 Å². The number of rotatable bonds is 8. The lowest BCUT2D eigenvalue weighted by Crippen LogP contribution is -2.32. The van der Waals surface area contributed by atoms with Crippen molar-refractivity contribution < 1.29 is 38.4 Å². The molecule has 0 atom stereocenters. The molecule has 0 aromatic rings. The molecule has 1 aliphatic rings. The number of nitrogens with zero attached hydrogens (tertiary/aromatic N) is 2. The van der Waals surface area contributed by atoms with Crippen molar-refractivity contribution in [1.82, 2.24) is 10.1 Å². The minimum Gasteiger partial charge on any atom is -0.331 e. The Bertz CT molecular complexity index is 529. The van der Waals surface area contributed by atoms with Gasteiger partial charge in [-0.3, -0.25) is 19.2 Å². The van der Waals surface area contributed by atoms with Gasteiger partial charge in [-0.1, -0.05) is 6.92 Å². The molecule has 1 aliphatic heterocycles. The highest BCUT2D eigenvalue weighted by atomic mass is 16.7. The van der Waals surface area contributed by atoms with Gasteiger partial charge < -0.3 is 9.68 Å². The quantitative estimate of drug-likeness (QED) is 0.343. The van der Waals surface area contributed by atoms with E-state index in [0.29, 0.717) is 16.5 Å². The Kier molecular flexibility index (Phi) is 7.53. The maximum atomic E-state index is 11.5. The first-order chi connectivity index (χ1) is 11.4. The highest BCUT2D eigenvalue weighted by Gasteiger charge is 2.32. The first-order valence-corrected chi connectivity index (χ1v) is 7.43.